The number of aromatic amines is 1. The van der Waals surface area contributed by atoms with Crippen LogP contribution in [0.25, 0.3) is 10.9 Å². The Morgan fingerprint density at radius 1 is 1.12 bits per heavy atom. The molecule has 2 heterocycles. The summed E-state index contributed by atoms with van der Waals surface area (Å²) in [4.78, 5) is 17.9. The largest absolute Gasteiger partial charge is 0.507 e. The van der Waals surface area contributed by atoms with Crippen LogP contribution in [0, 0.1) is 0 Å². The van der Waals surface area contributed by atoms with Gasteiger partial charge in [-0.2, -0.15) is 0 Å². The lowest BCUT2D eigenvalue weighted by molar-refractivity contribution is 0.0709. The van der Waals surface area contributed by atoms with Crippen molar-refractivity contribution < 1.29 is 9.90 Å². The molecule has 1 amide bonds. The number of phenolic OH excluding ortho intramolecular Hbond substituents is 1. The van der Waals surface area contributed by atoms with Crippen molar-refractivity contribution in [2.45, 2.75) is 18.8 Å². The van der Waals surface area contributed by atoms with Gasteiger partial charge in [0.1, 0.15) is 5.75 Å². The monoisotopic (exact) mass is 354 g/mol. The average molecular weight is 355 g/mol. The highest BCUT2D eigenvalue weighted by atomic mass is 35.5. The fourth-order valence-corrected chi connectivity index (χ4v) is 3.74. The van der Waals surface area contributed by atoms with E-state index in [9.17, 15) is 9.90 Å². The second kappa shape index (κ2) is 6.45. The van der Waals surface area contributed by atoms with E-state index in [1.807, 2.05) is 23.1 Å². The van der Waals surface area contributed by atoms with Crippen LogP contribution in [0.4, 0.5) is 0 Å². The zero-order chi connectivity index (χ0) is 17.4. The second-order valence-corrected chi connectivity index (χ2v) is 6.98. The number of carbonyl (C=O) groups is 1. The summed E-state index contributed by atoms with van der Waals surface area (Å²) in [6.45, 7) is 1.38. The lowest BCUT2D eigenvalue weighted by atomic mass is 9.93. The predicted molar refractivity (Wildman–Crippen MR) is 99.3 cm³/mol. The Kier molecular flexibility index (Phi) is 4.14. The SMILES string of the molecule is O=C(c1ccccc1O)N1CCC(c2cc3cc(Cl)ccc3[nH]2)CC1. The third-order valence-corrected chi connectivity index (χ3v) is 5.20. The lowest BCUT2D eigenvalue weighted by Crippen LogP contribution is -2.38. The van der Waals surface area contributed by atoms with E-state index in [4.69, 9.17) is 11.6 Å². The Labute approximate surface area is 151 Å². The zero-order valence-electron chi connectivity index (χ0n) is 13.7. The molecule has 0 aliphatic carbocycles. The van der Waals surface area contributed by atoms with Crippen LogP contribution in [0.5, 0.6) is 5.75 Å². The molecule has 4 nitrogen and oxygen atoms in total. The highest BCUT2D eigenvalue weighted by Gasteiger charge is 2.26. The van der Waals surface area contributed by atoms with Crippen molar-refractivity contribution in [1.29, 1.82) is 0 Å². The molecule has 1 aromatic heterocycles. The van der Waals surface area contributed by atoms with Gasteiger partial charge in [0.2, 0.25) is 0 Å². The van der Waals surface area contributed by atoms with Gasteiger partial charge in [-0.05, 0) is 49.2 Å². The molecule has 128 valence electrons. The topological polar surface area (TPSA) is 56.3 Å². The van der Waals surface area contributed by atoms with E-state index in [0.717, 1.165) is 28.8 Å². The Bertz CT molecular complexity index is 926. The number of halogens is 1. The van der Waals surface area contributed by atoms with Gasteiger partial charge in [0.05, 0.1) is 5.56 Å². The molecule has 1 aliphatic rings. The molecule has 3 aromatic rings. The zero-order valence-corrected chi connectivity index (χ0v) is 14.5. The summed E-state index contributed by atoms with van der Waals surface area (Å²) in [5.74, 6) is 0.349. The molecule has 1 fully saturated rings. The van der Waals surface area contributed by atoms with Gasteiger partial charge in [0, 0.05) is 40.6 Å². The van der Waals surface area contributed by atoms with Gasteiger partial charge in [-0.3, -0.25) is 4.79 Å². The number of aromatic nitrogens is 1. The van der Waals surface area contributed by atoms with Crippen LogP contribution in [0.2, 0.25) is 5.02 Å². The smallest absolute Gasteiger partial charge is 0.257 e. The maximum absolute atomic E-state index is 12.6. The number of aromatic hydroxyl groups is 1. The maximum Gasteiger partial charge on any atom is 0.257 e. The van der Waals surface area contributed by atoms with Crippen LogP contribution in [-0.2, 0) is 0 Å². The summed E-state index contributed by atoms with van der Waals surface area (Å²) in [6, 6.07) is 14.7. The molecule has 0 radical (unpaired) electrons. The minimum atomic E-state index is -0.0972. The molecule has 2 aromatic carbocycles. The Morgan fingerprint density at radius 3 is 2.64 bits per heavy atom. The highest BCUT2D eigenvalue weighted by molar-refractivity contribution is 6.31. The second-order valence-electron chi connectivity index (χ2n) is 6.54. The van der Waals surface area contributed by atoms with Gasteiger partial charge in [-0.25, -0.2) is 0 Å². The number of piperidine rings is 1. The summed E-state index contributed by atoms with van der Waals surface area (Å²) >= 11 is 6.06. The Balaban J connectivity index is 1.47. The van der Waals surface area contributed by atoms with Crippen molar-refractivity contribution in [2.75, 3.05) is 13.1 Å². The van der Waals surface area contributed by atoms with Gasteiger partial charge in [0.25, 0.3) is 5.91 Å². The average Bonchev–Trinajstić information content (AvgIpc) is 3.05. The summed E-state index contributed by atoms with van der Waals surface area (Å²) in [5.41, 5.74) is 2.67. The number of nitrogens with one attached hydrogen (secondary N) is 1. The van der Waals surface area contributed by atoms with E-state index < -0.39 is 0 Å². The van der Waals surface area contributed by atoms with E-state index in [1.54, 1.807) is 24.3 Å². The fourth-order valence-electron chi connectivity index (χ4n) is 3.56. The molecule has 1 aliphatic heterocycles. The van der Waals surface area contributed by atoms with Gasteiger partial charge >= 0.3 is 0 Å². The third kappa shape index (κ3) is 3.10. The number of carbonyl (C=O) groups excluding carboxylic acids is 1. The number of hydrogen-bond acceptors (Lipinski definition) is 2. The van der Waals surface area contributed by atoms with Gasteiger partial charge in [-0.1, -0.05) is 23.7 Å². The van der Waals surface area contributed by atoms with E-state index in [2.05, 4.69) is 11.1 Å². The van der Waals surface area contributed by atoms with Crippen molar-refractivity contribution in [3.8, 4) is 5.75 Å². The summed E-state index contributed by atoms with van der Waals surface area (Å²) in [5, 5.41) is 11.7. The lowest BCUT2D eigenvalue weighted by Gasteiger charge is -2.31. The van der Waals surface area contributed by atoms with Crippen LogP contribution in [0.15, 0.2) is 48.5 Å². The number of rotatable bonds is 2. The minimum Gasteiger partial charge on any atom is -0.507 e. The molecular formula is C20H19ClN2O2. The van der Waals surface area contributed by atoms with Gasteiger partial charge in [0.15, 0.2) is 0 Å². The van der Waals surface area contributed by atoms with Crippen LogP contribution in [0.3, 0.4) is 0 Å². The molecule has 5 heteroatoms. The normalized spacial score (nSPS) is 15.6. The van der Waals surface area contributed by atoms with Gasteiger partial charge < -0.3 is 15.0 Å². The number of H-pyrrole nitrogens is 1. The summed E-state index contributed by atoms with van der Waals surface area (Å²) < 4.78 is 0. The van der Waals surface area contributed by atoms with E-state index in [-0.39, 0.29) is 11.7 Å². The number of para-hydroxylation sites is 1. The molecule has 4 rings (SSSR count). The molecule has 0 atom stereocenters. The Morgan fingerprint density at radius 2 is 1.88 bits per heavy atom. The number of phenols is 1. The molecule has 2 N–H and O–H groups in total. The minimum absolute atomic E-state index is 0.0436. The van der Waals surface area contributed by atoms with Crippen molar-refractivity contribution in [2.24, 2.45) is 0 Å². The molecular weight excluding hydrogens is 336 g/mol. The number of likely N-dealkylation sites (tertiary alicyclic amines) is 1. The van der Waals surface area contributed by atoms with Crippen LogP contribution >= 0.6 is 11.6 Å². The van der Waals surface area contributed by atoms with E-state index >= 15 is 0 Å². The molecule has 0 spiro atoms. The third-order valence-electron chi connectivity index (χ3n) is 4.96. The molecule has 25 heavy (non-hydrogen) atoms. The van der Waals surface area contributed by atoms with Crippen molar-refractivity contribution in [3.05, 3.63) is 64.8 Å². The first-order valence-corrected chi connectivity index (χ1v) is 8.85. The van der Waals surface area contributed by atoms with E-state index in [1.165, 1.54) is 5.69 Å². The first kappa shape index (κ1) is 16.0. The molecule has 0 saturated carbocycles. The molecule has 1 saturated heterocycles. The number of amides is 1. The first-order valence-electron chi connectivity index (χ1n) is 8.47. The molecule has 0 unspecified atom stereocenters. The maximum atomic E-state index is 12.6. The van der Waals surface area contributed by atoms with Crippen molar-refractivity contribution in [3.63, 3.8) is 0 Å². The summed E-state index contributed by atoms with van der Waals surface area (Å²) in [6.07, 6.45) is 1.81. The van der Waals surface area contributed by atoms with Gasteiger partial charge in [-0.15, -0.1) is 0 Å². The predicted octanol–water partition coefficient (Wildman–Crippen LogP) is 4.55. The number of benzene rings is 2. The van der Waals surface area contributed by atoms with Crippen LogP contribution < -0.4 is 0 Å². The Hall–Kier alpha value is -2.46. The van der Waals surface area contributed by atoms with Crippen molar-refractivity contribution in [1.82, 2.24) is 9.88 Å². The standard InChI is InChI=1S/C20H19ClN2O2/c21-15-5-6-17-14(11-15)12-18(22-17)13-7-9-23(10-8-13)20(25)16-3-1-2-4-19(16)24/h1-6,11-13,22,24H,7-10H2. The highest BCUT2D eigenvalue weighted by Crippen LogP contribution is 2.31. The quantitative estimate of drug-likeness (QED) is 0.709. The van der Waals surface area contributed by atoms with Crippen LogP contribution in [0.1, 0.15) is 34.8 Å². The molecule has 0 bridgehead atoms. The number of hydrogen-bond donors (Lipinski definition) is 2. The van der Waals surface area contributed by atoms with E-state index in [0.29, 0.717) is 24.6 Å². The van der Waals surface area contributed by atoms with Crippen molar-refractivity contribution >= 4 is 28.4 Å². The first-order chi connectivity index (χ1) is 12.1. The van der Waals surface area contributed by atoms with Crippen LogP contribution in [-0.4, -0.2) is 34.0 Å². The summed E-state index contributed by atoms with van der Waals surface area (Å²) in [7, 11) is 0. The number of fused-ring (bicyclic) bond motifs is 1. The fraction of sp³-hybridized carbons (Fsp3) is 0.250. The number of nitrogens with zero attached hydrogens (tertiary/aromatic N) is 1.